The summed E-state index contributed by atoms with van der Waals surface area (Å²) in [5.41, 5.74) is -1.12. The number of aliphatic hydroxyl groups is 2. The fourth-order valence-corrected chi connectivity index (χ4v) is 4.43. The zero-order chi connectivity index (χ0) is 30.8. The normalized spacial score (nSPS) is 20.9. The number of carbonyl (C=O) groups excluding carboxylic acids is 3. The summed E-state index contributed by atoms with van der Waals surface area (Å²) in [7, 11) is 5.61. The number of hydrogen-bond acceptors (Lipinski definition) is 10. The van der Waals surface area contributed by atoms with Crippen LogP contribution in [0.5, 0.6) is 0 Å². The molecular weight excluding hydrogens is 550 g/mol. The second-order valence-electron chi connectivity index (χ2n) is 11.2. The van der Waals surface area contributed by atoms with Gasteiger partial charge in [-0.3, -0.25) is 14.2 Å². The Morgan fingerprint density at radius 3 is 2.32 bits per heavy atom. The van der Waals surface area contributed by atoms with Crippen LogP contribution in [0.4, 0.5) is 14.6 Å². The van der Waals surface area contributed by atoms with Crippen LogP contribution in [0.15, 0.2) is 17.1 Å². The van der Waals surface area contributed by atoms with Crippen molar-refractivity contribution >= 4 is 23.7 Å². The number of rotatable bonds is 17. The minimum Gasteiger partial charge on any atom is -0.550 e. The Kier molecular flexibility index (Phi) is 12.7. The lowest BCUT2D eigenvalue weighted by molar-refractivity contribution is -0.873. The minimum absolute atomic E-state index is 0.119. The lowest BCUT2D eigenvalue weighted by atomic mass is 10.1. The van der Waals surface area contributed by atoms with E-state index in [1.54, 1.807) is 0 Å². The zero-order valence-corrected chi connectivity index (χ0v) is 23.6. The van der Waals surface area contributed by atoms with Crippen molar-refractivity contribution in [2.24, 2.45) is 0 Å². The van der Waals surface area contributed by atoms with E-state index in [-0.39, 0.29) is 25.1 Å². The first kappa shape index (κ1) is 34.2. The average Bonchev–Trinajstić information content (AvgIpc) is 3.07. The van der Waals surface area contributed by atoms with Gasteiger partial charge < -0.3 is 39.4 Å². The summed E-state index contributed by atoms with van der Waals surface area (Å²) in [6.45, 7) is -0.499. The maximum Gasteiger partial charge on any atom is 0.351 e. The smallest absolute Gasteiger partial charge is 0.351 e. The third-order valence-corrected chi connectivity index (χ3v) is 6.39. The molecule has 0 spiro atoms. The number of hydrogen-bond donors (Lipinski definition) is 3. The second kappa shape index (κ2) is 15.3. The van der Waals surface area contributed by atoms with Gasteiger partial charge in [-0.15, -0.1) is 0 Å². The SMILES string of the molecule is C[N+](C)(C)CC(CC(=O)[O-])OC(=O)CCCCCCCCC(=O)Nc1ccn([C@@H]2O[C@H](CO)[C@@H](O)C2(F)F)c(=O)n1. The van der Waals surface area contributed by atoms with E-state index in [2.05, 4.69) is 10.3 Å². The molecule has 1 fully saturated rings. The molecule has 1 aliphatic rings. The molecule has 1 unspecified atom stereocenters. The molecule has 2 rings (SSSR count). The van der Waals surface area contributed by atoms with Crippen LogP contribution in [-0.2, 0) is 23.9 Å². The Balaban J connectivity index is 1.65. The molecular formula is C26H40F2N4O9. The van der Waals surface area contributed by atoms with Crippen molar-refractivity contribution < 1.29 is 52.4 Å². The van der Waals surface area contributed by atoms with Gasteiger partial charge in [-0.25, -0.2) is 4.79 Å². The Hall–Kier alpha value is -3.01. The highest BCUT2D eigenvalue weighted by Gasteiger charge is 2.59. The molecule has 13 nitrogen and oxygen atoms in total. The van der Waals surface area contributed by atoms with Gasteiger partial charge in [0.25, 0.3) is 0 Å². The van der Waals surface area contributed by atoms with Crippen molar-refractivity contribution in [2.75, 3.05) is 39.6 Å². The number of nitrogens with one attached hydrogen (secondary N) is 1. The number of carbonyl (C=O) groups is 3. The predicted octanol–water partition coefficient (Wildman–Crippen LogP) is -0.0535. The molecule has 0 aliphatic carbocycles. The molecule has 1 aromatic rings. The highest BCUT2D eigenvalue weighted by Crippen LogP contribution is 2.41. The van der Waals surface area contributed by atoms with Gasteiger partial charge in [-0.2, -0.15) is 13.8 Å². The molecule has 0 saturated carbocycles. The Labute approximate surface area is 236 Å². The first-order valence-electron chi connectivity index (χ1n) is 13.5. The number of aliphatic hydroxyl groups excluding tert-OH is 2. The van der Waals surface area contributed by atoms with Crippen molar-refractivity contribution in [1.29, 1.82) is 0 Å². The lowest BCUT2D eigenvalue weighted by Gasteiger charge is -2.29. The Morgan fingerprint density at radius 1 is 1.17 bits per heavy atom. The van der Waals surface area contributed by atoms with Gasteiger partial charge in [-0.1, -0.05) is 25.7 Å². The van der Waals surface area contributed by atoms with Crippen molar-refractivity contribution in [1.82, 2.24) is 9.55 Å². The van der Waals surface area contributed by atoms with Gasteiger partial charge >= 0.3 is 17.6 Å². The number of nitrogens with zero attached hydrogens (tertiary/aromatic N) is 3. The number of anilines is 1. The summed E-state index contributed by atoms with van der Waals surface area (Å²) in [5.74, 6) is -6.07. The summed E-state index contributed by atoms with van der Waals surface area (Å²) in [5, 5.41) is 32.1. The number of halogens is 2. The number of carboxylic acid groups (broad SMARTS) is 1. The summed E-state index contributed by atoms with van der Waals surface area (Å²) in [6.07, 6.45) is -1.48. The van der Waals surface area contributed by atoms with Crippen LogP contribution in [0.1, 0.15) is 64.0 Å². The Morgan fingerprint density at radius 2 is 1.78 bits per heavy atom. The van der Waals surface area contributed by atoms with Crippen molar-refractivity contribution in [2.45, 2.75) is 88.2 Å². The van der Waals surface area contributed by atoms with E-state index >= 15 is 0 Å². The van der Waals surface area contributed by atoms with Gasteiger partial charge in [0.15, 0.2) is 12.2 Å². The molecule has 1 aliphatic heterocycles. The van der Waals surface area contributed by atoms with E-state index in [0.717, 1.165) is 37.9 Å². The van der Waals surface area contributed by atoms with E-state index in [1.165, 1.54) is 0 Å². The van der Waals surface area contributed by atoms with Crippen LogP contribution in [0.2, 0.25) is 0 Å². The van der Waals surface area contributed by atoms with Crippen LogP contribution < -0.4 is 16.1 Å². The molecule has 1 saturated heterocycles. The first-order valence-corrected chi connectivity index (χ1v) is 13.5. The van der Waals surface area contributed by atoms with Gasteiger partial charge in [0.2, 0.25) is 12.1 Å². The molecule has 232 valence electrons. The van der Waals surface area contributed by atoms with E-state index in [0.29, 0.717) is 28.4 Å². The largest absolute Gasteiger partial charge is 0.550 e. The van der Waals surface area contributed by atoms with E-state index in [4.69, 9.17) is 14.6 Å². The van der Waals surface area contributed by atoms with Crippen molar-refractivity contribution in [3.63, 3.8) is 0 Å². The van der Waals surface area contributed by atoms with Crippen LogP contribution in [0, 0.1) is 0 Å². The third-order valence-electron chi connectivity index (χ3n) is 6.39. The molecule has 41 heavy (non-hydrogen) atoms. The highest BCUT2D eigenvalue weighted by molar-refractivity contribution is 5.89. The summed E-state index contributed by atoms with van der Waals surface area (Å²) >= 11 is 0. The number of alkyl halides is 2. The monoisotopic (exact) mass is 590 g/mol. The maximum absolute atomic E-state index is 14.3. The fourth-order valence-electron chi connectivity index (χ4n) is 4.43. The molecule has 0 aromatic carbocycles. The molecule has 3 N–H and O–H groups in total. The molecule has 1 aromatic heterocycles. The zero-order valence-electron chi connectivity index (χ0n) is 23.6. The topological polar surface area (TPSA) is 180 Å². The minimum atomic E-state index is -3.83. The number of likely N-dealkylation sites (N-methyl/N-ethyl adjacent to an activating group) is 1. The Bertz CT molecular complexity index is 1090. The second-order valence-corrected chi connectivity index (χ2v) is 11.2. The summed E-state index contributed by atoms with van der Waals surface area (Å²) in [4.78, 5) is 51.0. The third kappa shape index (κ3) is 11.1. The van der Waals surface area contributed by atoms with Crippen molar-refractivity contribution in [3.8, 4) is 0 Å². The number of unbranched alkanes of at least 4 members (excludes halogenated alkanes) is 5. The van der Waals surface area contributed by atoms with Crippen LogP contribution in [-0.4, -0.2) is 101 Å². The quantitative estimate of drug-likeness (QED) is 0.126. The standard InChI is InChI=1S/C26H40F2N4O9/c1-32(2,3)15-17(14-21(35)36)40-22(37)11-9-7-5-4-6-8-10-20(34)29-19-12-13-31(25(39)30-19)24-26(27,28)23(38)18(16-33)41-24/h12-13,17-18,23-24,33,38H,4-11,14-16H2,1-3H3,(H-,29,30,34,35,36,39)/t17?,18-,23-,24-/m1/s1. The van der Waals surface area contributed by atoms with Gasteiger partial charge in [-0.05, 0) is 18.9 Å². The lowest BCUT2D eigenvalue weighted by Crippen LogP contribution is -2.45. The molecule has 0 bridgehead atoms. The number of aromatic nitrogens is 2. The van der Waals surface area contributed by atoms with Crippen molar-refractivity contribution in [3.05, 3.63) is 22.7 Å². The van der Waals surface area contributed by atoms with Crippen LogP contribution in [0.3, 0.4) is 0 Å². The predicted molar refractivity (Wildman–Crippen MR) is 138 cm³/mol. The van der Waals surface area contributed by atoms with E-state index in [9.17, 15) is 38.2 Å². The van der Waals surface area contributed by atoms with E-state index in [1.807, 2.05) is 21.1 Å². The molecule has 1 amide bonds. The van der Waals surface area contributed by atoms with Gasteiger partial charge in [0.05, 0.1) is 27.7 Å². The molecule has 4 atom stereocenters. The molecule has 15 heteroatoms. The number of aliphatic carboxylic acids is 1. The molecule has 2 heterocycles. The van der Waals surface area contributed by atoms with Crippen LogP contribution in [0.25, 0.3) is 0 Å². The van der Waals surface area contributed by atoms with Gasteiger partial charge in [0, 0.05) is 31.4 Å². The number of ether oxygens (including phenoxy) is 2. The first-order chi connectivity index (χ1) is 19.1. The molecule has 0 radical (unpaired) electrons. The average molecular weight is 591 g/mol. The maximum atomic E-state index is 14.3. The van der Waals surface area contributed by atoms with E-state index < -0.39 is 60.6 Å². The highest BCUT2D eigenvalue weighted by atomic mass is 19.3. The number of carboxylic acids is 1. The number of esters is 1. The fraction of sp³-hybridized carbons (Fsp3) is 0.731. The summed E-state index contributed by atoms with van der Waals surface area (Å²) in [6, 6.07) is 1.16. The van der Waals surface area contributed by atoms with Crippen LogP contribution >= 0.6 is 0 Å². The summed E-state index contributed by atoms with van der Waals surface area (Å²) < 4.78 is 39.7. The van der Waals surface area contributed by atoms with Gasteiger partial charge in [0.1, 0.15) is 18.5 Å². The number of quaternary nitrogens is 1. The number of amides is 1.